The van der Waals surface area contributed by atoms with E-state index in [-0.39, 0.29) is 0 Å². The standard InChI is InChI=1S/C10H15N3O/c1-3-4-5-14-10-8-12-9(6-11-2)7-13-10/h3-4,7-8,11H,5-6H2,1-2H3/b4-3+. The van der Waals surface area contributed by atoms with Gasteiger partial charge in [-0.3, -0.25) is 4.98 Å². The van der Waals surface area contributed by atoms with Gasteiger partial charge in [0.05, 0.1) is 18.1 Å². The Bertz CT molecular complexity index is 282. The summed E-state index contributed by atoms with van der Waals surface area (Å²) in [6, 6.07) is 0. The van der Waals surface area contributed by atoms with Crippen LogP contribution >= 0.6 is 0 Å². The van der Waals surface area contributed by atoms with E-state index in [1.165, 1.54) is 0 Å². The minimum Gasteiger partial charge on any atom is -0.472 e. The van der Waals surface area contributed by atoms with Crippen molar-refractivity contribution in [3.8, 4) is 5.88 Å². The van der Waals surface area contributed by atoms with Gasteiger partial charge >= 0.3 is 0 Å². The second kappa shape index (κ2) is 6.10. The Hall–Kier alpha value is -1.42. The van der Waals surface area contributed by atoms with Crippen molar-refractivity contribution in [2.24, 2.45) is 0 Å². The largest absolute Gasteiger partial charge is 0.472 e. The lowest BCUT2D eigenvalue weighted by molar-refractivity contribution is 0.346. The molecule has 1 aromatic rings. The summed E-state index contributed by atoms with van der Waals surface area (Å²) < 4.78 is 5.30. The topological polar surface area (TPSA) is 47.0 Å². The molecule has 14 heavy (non-hydrogen) atoms. The maximum absolute atomic E-state index is 5.30. The fourth-order valence-corrected chi connectivity index (χ4v) is 0.920. The summed E-state index contributed by atoms with van der Waals surface area (Å²) in [4.78, 5) is 8.28. The normalized spacial score (nSPS) is 10.7. The molecule has 0 saturated carbocycles. The van der Waals surface area contributed by atoms with Crippen LogP contribution < -0.4 is 10.1 Å². The predicted octanol–water partition coefficient (Wildman–Crippen LogP) is 1.15. The van der Waals surface area contributed by atoms with Crippen LogP contribution in [0.5, 0.6) is 5.88 Å². The van der Waals surface area contributed by atoms with Gasteiger partial charge < -0.3 is 10.1 Å². The fourth-order valence-electron chi connectivity index (χ4n) is 0.920. The first-order valence-electron chi connectivity index (χ1n) is 4.56. The first-order chi connectivity index (χ1) is 6.86. The highest BCUT2D eigenvalue weighted by atomic mass is 16.5. The summed E-state index contributed by atoms with van der Waals surface area (Å²) >= 11 is 0. The lowest BCUT2D eigenvalue weighted by Crippen LogP contribution is -2.07. The van der Waals surface area contributed by atoms with E-state index < -0.39 is 0 Å². The minimum absolute atomic E-state index is 0.538. The van der Waals surface area contributed by atoms with Gasteiger partial charge in [0.15, 0.2) is 0 Å². The molecule has 0 unspecified atom stereocenters. The summed E-state index contributed by atoms with van der Waals surface area (Å²) in [6.45, 7) is 3.21. The van der Waals surface area contributed by atoms with E-state index in [0.717, 1.165) is 12.2 Å². The molecule has 0 atom stereocenters. The van der Waals surface area contributed by atoms with Crippen molar-refractivity contribution in [3.05, 3.63) is 30.2 Å². The molecule has 0 bridgehead atoms. The van der Waals surface area contributed by atoms with E-state index in [1.54, 1.807) is 12.4 Å². The molecule has 0 fully saturated rings. The lowest BCUT2D eigenvalue weighted by Gasteiger charge is -2.02. The molecule has 1 N–H and O–H groups in total. The SMILES string of the molecule is C/C=C/COc1cnc(CNC)cn1. The van der Waals surface area contributed by atoms with Crippen LogP contribution in [0.1, 0.15) is 12.6 Å². The maximum Gasteiger partial charge on any atom is 0.232 e. The average Bonchev–Trinajstić information content (AvgIpc) is 2.21. The van der Waals surface area contributed by atoms with Crippen molar-refractivity contribution in [1.82, 2.24) is 15.3 Å². The Morgan fingerprint density at radius 3 is 2.86 bits per heavy atom. The summed E-state index contributed by atoms with van der Waals surface area (Å²) in [6.07, 6.45) is 7.20. The molecule has 0 amide bonds. The van der Waals surface area contributed by atoms with Gasteiger partial charge in [-0.15, -0.1) is 0 Å². The zero-order valence-corrected chi connectivity index (χ0v) is 8.53. The molecule has 1 heterocycles. The third-order valence-corrected chi connectivity index (χ3v) is 1.60. The Kier molecular flexibility index (Phi) is 4.64. The van der Waals surface area contributed by atoms with Gasteiger partial charge in [-0.25, -0.2) is 4.98 Å². The van der Waals surface area contributed by atoms with Crippen LogP contribution in [0.2, 0.25) is 0 Å². The van der Waals surface area contributed by atoms with Crippen LogP contribution in [0.25, 0.3) is 0 Å². The van der Waals surface area contributed by atoms with Crippen molar-refractivity contribution >= 4 is 0 Å². The van der Waals surface area contributed by atoms with Gasteiger partial charge in [0.25, 0.3) is 0 Å². The fraction of sp³-hybridized carbons (Fsp3) is 0.400. The summed E-state index contributed by atoms with van der Waals surface area (Å²) in [5.74, 6) is 0.558. The molecule has 0 spiro atoms. The first-order valence-corrected chi connectivity index (χ1v) is 4.56. The van der Waals surface area contributed by atoms with Crippen molar-refractivity contribution in [1.29, 1.82) is 0 Å². The van der Waals surface area contributed by atoms with Crippen LogP contribution in [0.15, 0.2) is 24.5 Å². The zero-order chi connectivity index (χ0) is 10.2. The van der Waals surface area contributed by atoms with Crippen LogP contribution in [0, 0.1) is 0 Å². The van der Waals surface area contributed by atoms with Gasteiger partial charge in [-0.05, 0) is 14.0 Å². The van der Waals surface area contributed by atoms with E-state index in [0.29, 0.717) is 12.5 Å². The molecule has 0 saturated heterocycles. The van der Waals surface area contributed by atoms with Crippen molar-refractivity contribution in [2.75, 3.05) is 13.7 Å². The van der Waals surface area contributed by atoms with Gasteiger partial charge in [0, 0.05) is 6.54 Å². The predicted molar refractivity (Wildman–Crippen MR) is 55.1 cm³/mol. The second-order valence-electron chi connectivity index (χ2n) is 2.76. The van der Waals surface area contributed by atoms with E-state index in [4.69, 9.17) is 4.74 Å². The van der Waals surface area contributed by atoms with Crippen LogP contribution in [-0.4, -0.2) is 23.6 Å². The van der Waals surface area contributed by atoms with Gasteiger partial charge in [0.2, 0.25) is 5.88 Å². The Labute approximate surface area is 84.0 Å². The Morgan fingerprint density at radius 1 is 1.43 bits per heavy atom. The van der Waals surface area contributed by atoms with Crippen LogP contribution in [0.3, 0.4) is 0 Å². The highest BCUT2D eigenvalue weighted by molar-refractivity contribution is 5.07. The Morgan fingerprint density at radius 2 is 2.29 bits per heavy atom. The molecule has 4 heteroatoms. The molecule has 4 nitrogen and oxygen atoms in total. The molecule has 0 aliphatic carbocycles. The molecule has 0 aromatic carbocycles. The second-order valence-corrected chi connectivity index (χ2v) is 2.76. The number of rotatable bonds is 5. The molecule has 1 aromatic heterocycles. The van der Waals surface area contributed by atoms with Crippen LogP contribution in [-0.2, 0) is 6.54 Å². The lowest BCUT2D eigenvalue weighted by atomic mass is 10.4. The smallest absolute Gasteiger partial charge is 0.232 e. The van der Waals surface area contributed by atoms with E-state index >= 15 is 0 Å². The molecule has 0 aliphatic heterocycles. The molecule has 0 radical (unpaired) electrons. The summed E-state index contributed by atoms with van der Waals surface area (Å²) in [5, 5.41) is 3.00. The first kappa shape index (κ1) is 10.7. The van der Waals surface area contributed by atoms with Crippen molar-refractivity contribution < 1.29 is 4.74 Å². The third-order valence-electron chi connectivity index (χ3n) is 1.60. The molecule has 1 rings (SSSR count). The average molecular weight is 193 g/mol. The molecular formula is C10H15N3O. The highest BCUT2D eigenvalue weighted by Gasteiger charge is 1.95. The maximum atomic E-state index is 5.30. The third kappa shape index (κ3) is 3.53. The minimum atomic E-state index is 0.538. The number of nitrogens with zero attached hydrogens (tertiary/aromatic N) is 2. The molecule has 0 aliphatic rings. The van der Waals surface area contributed by atoms with E-state index in [2.05, 4.69) is 15.3 Å². The van der Waals surface area contributed by atoms with Crippen molar-refractivity contribution in [2.45, 2.75) is 13.5 Å². The number of hydrogen-bond acceptors (Lipinski definition) is 4. The highest BCUT2D eigenvalue weighted by Crippen LogP contribution is 2.03. The Balaban J connectivity index is 2.46. The number of ether oxygens (including phenoxy) is 1. The molecule has 76 valence electrons. The number of hydrogen-bond donors (Lipinski definition) is 1. The summed E-state index contributed by atoms with van der Waals surface area (Å²) in [7, 11) is 1.87. The van der Waals surface area contributed by atoms with Gasteiger partial charge in [-0.2, -0.15) is 0 Å². The number of aromatic nitrogens is 2. The number of nitrogens with one attached hydrogen (secondary N) is 1. The van der Waals surface area contributed by atoms with E-state index in [9.17, 15) is 0 Å². The summed E-state index contributed by atoms with van der Waals surface area (Å²) in [5.41, 5.74) is 0.908. The van der Waals surface area contributed by atoms with Gasteiger partial charge in [-0.1, -0.05) is 12.2 Å². The van der Waals surface area contributed by atoms with E-state index in [1.807, 2.05) is 26.1 Å². The van der Waals surface area contributed by atoms with Crippen LogP contribution in [0.4, 0.5) is 0 Å². The monoisotopic (exact) mass is 193 g/mol. The van der Waals surface area contributed by atoms with Crippen molar-refractivity contribution in [3.63, 3.8) is 0 Å². The zero-order valence-electron chi connectivity index (χ0n) is 8.53. The quantitative estimate of drug-likeness (QED) is 0.713. The number of allylic oxidation sites excluding steroid dienone is 1. The molecular weight excluding hydrogens is 178 g/mol. The van der Waals surface area contributed by atoms with Gasteiger partial charge in [0.1, 0.15) is 6.61 Å².